The van der Waals surface area contributed by atoms with Gasteiger partial charge in [-0.05, 0) is 32.4 Å². The van der Waals surface area contributed by atoms with Crippen molar-refractivity contribution in [3.05, 3.63) is 45.8 Å². The number of methoxy groups -OCH3 is 1. The number of para-hydroxylation sites is 1. The van der Waals surface area contributed by atoms with Gasteiger partial charge in [-0.25, -0.2) is 9.69 Å². The molecule has 1 N–H and O–H groups in total. The van der Waals surface area contributed by atoms with Crippen LogP contribution in [0.4, 0.5) is 10.7 Å². The number of ether oxygens (including phenoxy) is 1. The van der Waals surface area contributed by atoms with E-state index < -0.39 is 23.3 Å². The Morgan fingerprint density at radius 3 is 2.66 bits per heavy atom. The van der Waals surface area contributed by atoms with Gasteiger partial charge in [0.2, 0.25) is 17.4 Å². The maximum absolute atomic E-state index is 14.3. The summed E-state index contributed by atoms with van der Waals surface area (Å²) in [7, 11) is 1.29. The zero-order valence-corrected chi connectivity index (χ0v) is 21.0. The van der Waals surface area contributed by atoms with E-state index in [4.69, 9.17) is 4.74 Å². The average molecular weight is 495 g/mol. The topological polar surface area (TPSA) is 88.4 Å². The zero-order chi connectivity index (χ0) is 24.8. The number of hydrogen-bond donors (Lipinski definition) is 1. The summed E-state index contributed by atoms with van der Waals surface area (Å²) in [5.41, 5.74) is 1.52. The van der Waals surface area contributed by atoms with Crippen LogP contribution in [-0.2, 0) is 24.7 Å². The van der Waals surface area contributed by atoms with E-state index in [-0.39, 0.29) is 29.3 Å². The Labute approximate surface area is 207 Å². The number of imide groups is 1. The number of aryl methyl sites for hydroxylation is 1. The fourth-order valence-electron chi connectivity index (χ4n) is 7.22. The molecule has 8 nitrogen and oxygen atoms in total. The molecule has 0 aliphatic carbocycles. The van der Waals surface area contributed by atoms with Gasteiger partial charge in [0.15, 0.2) is 0 Å². The number of quaternary nitrogens is 1. The highest BCUT2D eigenvalue weighted by Gasteiger charge is 2.79. The third-order valence-corrected chi connectivity index (χ3v) is 9.84. The molecule has 182 valence electrons. The number of benzene rings is 1. The van der Waals surface area contributed by atoms with Crippen molar-refractivity contribution in [2.45, 2.75) is 45.2 Å². The molecule has 1 spiro atoms. The molecule has 4 aliphatic heterocycles. The molecule has 4 aliphatic rings. The minimum Gasteiger partial charge on any atom is -0.465 e. The maximum Gasteiger partial charge on any atom is 0.341 e. The minimum absolute atomic E-state index is 0.0923. The van der Waals surface area contributed by atoms with Gasteiger partial charge in [-0.3, -0.25) is 14.4 Å². The standard InChI is InChI=1S/C26H27N3O5S/c1-5-27-16-10-7-6-9-15(16)26(25(27)33)20-19(17-11-8-12-28(17)26)21(30)29(22(20)31)23-18(24(32)34-4)13(2)14(3)35-23/h6-7,9-10,17,19-20H,5,8,11-12H2,1-4H3/p+1/t17-,19+,20-,26+/m0/s1. The predicted octanol–water partition coefficient (Wildman–Crippen LogP) is 1.58. The van der Waals surface area contributed by atoms with E-state index in [1.165, 1.54) is 23.3 Å². The van der Waals surface area contributed by atoms with E-state index in [9.17, 15) is 19.2 Å². The molecule has 5 atom stereocenters. The Morgan fingerprint density at radius 2 is 1.94 bits per heavy atom. The van der Waals surface area contributed by atoms with Crippen molar-refractivity contribution in [2.75, 3.05) is 30.0 Å². The first-order valence-corrected chi connectivity index (χ1v) is 13.0. The summed E-state index contributed by atoms with van der Waals surface area (Å²) < 4.78 is 5.00. The summed E-state index contributed by atoms with van der Waals surface area (Å²) in [4.78, 5) is 60.1. The predicted molar refractivity (Wildman–Crippen MR) is 130 cm³/mol. The minimum atomic E-state index is -1.12. The van der Waals surface area contributed by atoms with E-state index in [1.54, 1.807) is 11.8 Å². The number of thiophene rings is 1. The summed E-state index contributed by atoms with van der Waals surface area (Å²) in [5.74, 6) is -2.73. The van der Waals surface area contributed by atoms with Crippen molar-refractivity contribution in [3.8, 4) is 0 Å². The zero-order valence-electron chi connectivity index (χ0n) is 20.2. The fourth-order valence-corrected chi connectivity index (χ4v) is 8.38. The number of nitrogens with one attached hydrogen (secondary N) is 1. The van der Waals surface area contributed by atoms with Crippen LogP contribution < -0.4 is 14.7 Å². The van der Waals surface area contributed by atoms with Gasteiger partial charge in [0, 0.05) is 29.8 Å². The molecule has 0 radical (unpaired) electrons. The lowest BCUT2D eigenvalue weighted by Gasteiger charge is -2.34. The first-order valence-electron chi connectivity index (χ1n) is 12.1. The summed E-state index contributed by atoms with van der Waals surface area (Å²) in [6, 6.07) is 7.59. The van der Waals surface area contributed by atoms with E-state index in [0.29, 0.717) is 17.1 Å². The lowest BCUT2D eigenvalue weighted by atomic mass is 9.75. The Kier molecular flexibility index (Phi) is 4.79. The molecule has 0 saturated carbocycles. The van der Waals surface area contributed by atoms with Crippen LogP contribution >= 0.6 is 11.3 Å². The second-order valence-electron chi connectivity index (χ2n) is 9.87. The molecule has 35 heavy (non-hydrogen) atoms. The third kappa shape index (κ3) is 2.50. The van der Waals surface area contributed by atoms with Crippen LogP contribution in [0.2, 0.25) is 0 Å². The lowest BCUT2D eigenvalue weighted by molar-refractivity contribution is -0.948. The second kappa shape index (κ2) is 7.48. The van der Waals surface area contributed by atoms with Crippen molar-refractivity contribution in [3.63, 3.8) is 0 Å². The van der Waals surface area contributed by atoms with Gasteiger partial charge in [0.25, 0.3) is 5.91 Å². The van der Waals surface area contributed by atoms with Crippen LogP contribution in [0.3, 0.4) is 0 Å². The normalized spacial score (nSPS) is 30.9. The number of carbonyl (C=O) groups is 4. The highest BCUT2D eigenvalue weighted by atomic mass is 32.1. The molecule has 1 unspecified atom stereocenters. The number of likely N-dealkylation sites (N-methyl/N-ethyl adjacent to an activating group) is 1. The lowest BCUT2D eigenvalue weighted by Crippen LogP contribution is -3.20. The van der Waals surface area contributed by atoms with E-state index >= 15 is 0 Å². The molecule has 1 aromatic carbocycles. The summed E-state index contributed by atoms with van der Waals surface area (Å²) in [5, 5.41) is 0.317. The molecule has 3 amide bonds. The number of nitrogens with zero attached hydrogens (tertiary/aromatic N) is 2. The first kappa shape index (κ1) is 22.4. The largest absolute Gasteiger partial charge is 0.465 e. The quantitative estimate of drug-likeness (QED) is 0.517. The Hall–Kier alpha value is -3.04. The van der Waals surface area contributed by atoms with Gasteiger partial charge < -0.3 is 14.5 Å². The molecule has 0 bridgehead atoms. The molecule has 2 aromatic rings. The molecule has 9 heteroatoms. The number of rotatable bonds is 3. The van der Waals surface area contributed by atoms with Crippen LogP contribution in [0, 0.1) is 25.7 Å². The number of fused-ring (bicyclic) bond motifs is 7. The third-order valence-electron chi connectivity index (χ3n) is 8.64. The SMILES string of the molecule is CCN1C(=O)[C@@]2(c3ccccc31)[C@@H]1C(=O)N(c3sc(C)c(C)c3C(=O)OC)C(=O)[C@@H]1[C@@H]1CCC[NH+]12. The molecule has 3 fully saturated rings. The summed E-state index contributed by atoms with van der Waals surface area (Å²) in [6.07, 6.45) is 1.69. The number of anilines is 2. The van der Waals surface area contributed by atoms with Gasteiger partial charge in [-0.1, -0.05) is 18.2 Å². The molecule has 1 aromatic heterocycles. The number of esters is 1. The highest BCUT2D eigenvalue weighted by Crippen LogP contribution is 2.54. The fraction of sp³-hybridized carbons (Fsp3) is 0.462. The molecule has 5 heterocycles. The average Bonchev–Trinajstić information content (AvgIpc) is 3.60. The highest BCUT2D eigenvalue weighted by molar-refractivity contribution is 7.17. The Balaban J connectivity index is 1.57. The number of hydrogen-bond acceptors (Lipinski definition) is 6. The molecular weight excluding hydrogens is 466 g/mol. The van der Waals surface area contributed by atoms with Crippen molar-refractivity contribution < 1.29 is 28.8 Å². The van der Waals surface area contributed by atoms with Gasteiger partial charge in [0.05, 0.1) is 24.9 Å². The first-order chi connectivity index (χ1) is 16.8. The molecule has 6 rings (SSSR count). The Morgan fingerprint density at radius 1 is 1.20 bits per heavy atom. The second-order valence-corrected chi connectivity index (χ2v) is 11.1. The van der Waals surface area contributed by atoms with Crippen LogP contribution in [-0.4, -0.2) is 49.9 Å². The van der Waals surface area contributed by atoms with Crippen LogP contribution in [0.25, 0.3) is 0 Å². The van der Waals surface area contributed by atoms with Gasteiger partial charge >= 0.3 is 5.97 Å². The van der Waals surface area contributed by atoms with E-state index in [2.05, 4.69) is 0 Å². The van der Waals surface area contributed by atoms with Crippen molar-refractivity contribution in [2.24, 2.45) is 11.8 Å². The summed E-state index contributed by atoms with van der Waals surface area (Å²) in [6.45, 7) is 6.84. The van der Waals surface area contributed by atoms with E-state index in [0.717, 1.165) is 40.4 Å². The van der Waals surface area contributed by atoms with Gasteiger partial charge in [0.1, 0.15) is 22.9 Å². The smallest absolute Gasteiger partial charge is 0.341 e. The van der Waals surface area contributed by atoms with Crippen molar-refractivity contribution >= 4 is 45.7 Å². The monoisotopic (exact) mass is 494 g/mol. The number of amides is 3. The van der Waals surface area contributed by atoms with Crippen molar-refractivity contribution in [1.82, 2.24) is 0 Å². The van der Waals surface area contributed by atoms with Crippen molar-refractivity contribution in [1.29, 1.82) is 0 Å². The van der Waals surface area contributed by atoms with Crippen LogP contribution in [0.1, 0.15) is 46.1 Å². The Bertz CT molecular complexity index is 1320. The van der Waals surface area contributed by atoms with E-state index in [1.807, 2.05) is 38.1 Å². The van der Waals surface area contributed by atoms with Crippen LogP contribution in [0.5, 0.6) is 0 Å². The molecule has 3 saturated heterocycles. The summed E-state index contributed by atoms with van der Waals surface area (Å²) >= 11 is 1.26. The maximum atomic E-state index is 14.3. The molecular formula is C26H28N3O5S+. The van der Waals surface area contributed by atoms with Gasteiger partial charge in [-0.15, -0.1) is 11.3 Å². The number of carbonyl (C=O) groups excluding carboxylic acids is 4. The van der Waals surface area contributed by atoms with Gasteiger partial charge in [-0.2, -0.15) is 0 Å². The van der Waals surface area contributed by atoms with Crippen LogP contribution in [0.15, 0.2) is 24.3 Å².